The molecular weight excluding hydrogens is 262 g/mol. The van der Waals surface area contributed by atoms with Crippen molar-refractivity contribution in [2.24, 2.45) is 11.7 Å². The second kappa shape index (κ2) is 6.35. The van der Waals surface area contributed by atoms with E-state index in [9.17, 15) is 13.2 Å². The van der Waals surface area contributed by atoms with Crippen molar-refractivity contribution >= 4 is 15.6 Å². The van der Waals surface area contributed by atoms with Crippen LogP contribution in [-0.4, -0.2) is 30.7 Å². The molecule has 0 bridgehead atoms. The van der Waals surface area contributed by atoms with Gasteiger partial charge in [0.25, 0.3) is 0 Å². The van der Waals surface area contributed by atoms with Crippen molar-refractivity contribution in [2.75, 3.05) is 5.75 Å². The van der Waals surface area contributed by atoms with E-state index in [0.717, 1.165) is 32.1 Å². The topological polar surface area (TPSA) is 77.2 Å². The Bertz CT molecular complexity index is 409. The molecule has 112 valence electrons. The number of hydrogen-bond acceptors (Lipinski definition) is 4. The first-order valence-electron chi connectivity index (χ1n) is 7.16. The van der Waals surface area contributed by atoms with Gasteiger partial charge < -0.3 is 5.73 Å². The fourth-order valence-electron chi connectivity index (χ4n) is 2.46. The number of nitrogens with two attached hydrogens (primary N) is 1. The van der Waals surface area contributed by atoms with Gasteiger partial charge in [-0.15, -0.1) is 0 Å². The van der Waals surface area contributed by atoms with Gasteiger partial charge in [0.05, 0.1) is 10.5 Å². The molecule has 1 aliphatic rings. The second-order valence-corrected chi connectivity index (χ2v) is 9.42. The van der Waals surface area contributed by atoms with Crippen LogP contribution < -0.4 is 5.73 Å². The molecule has 0 aromatic carbocycles. The largest absolute Gasteiger partial charge is 0.327 e. The van der Waals surface area contributed by atoms with Crippen LogP contribution in [0.15, 0.2) is 0 Å². The number of carbonyl (C=O) groups is 1. The summed E-state index contributed by atoms with van der Waals surface area (Å²) in [4.78, 5) is 12.2. The molecule has 1 saturated carbocycles. The first-order valence-corrected chi connectivity index (χ1v) is 8.81. The van der Waals surface area contributed by atoms with E-state index in [4.69, 9.17) is 5.73 Å². The molecule has 0 aromatic rings. The maximum atomic E-state index is 12.2. The van der Waals surface area contributed by atoms with Gasteiger partial charge in [-0.25, -0.2) is 8.42 Å². The Kier molecular flexibility index (Phi) is 5.56. The molecule has 5 heteroatoms. The molecule has 0 aromatic heterocycles. The lowest BCUT2D eigenvalue weighted by atomic mass is 9.90. The highest BCUT2D eigenvalue weighted by atomic mass is 32.2. The number of carbonyl (C=O) groups excluding carboxylic acids is 1. The third-order valence-electron chi connectivity index (χ3n) is 4.03. The predicted octanol–water partition coefficient (Wildman–Crippen LogP) is 2.07. The molecule has 0 aliphatic heterocycles. The summed E-state index contributed by atoms with van der Waals surface area (Å²) in [6.45, 7) is 5.01. The summed E-state index contributed by atoms with van der Waals surface area (Å²) in [5.41, 5.74) is 6.03. The lowest BCUT2D eigenvalue weighted by molar-refractivity contribution is -0.123. The van der Waals surface area contributed by atoms with Crippen LogP contribution in [0.4, 0.5) is 0 Å². The maximum Gasteiger partial charge on any atom is 0.155 e. The highest BCUT2D eigenvalue weighted by Gasteiger charge is 2.32. The van der Waals surface area contributed by atoms with Crippen molar-refractivity contribution < 1.29 is 13.2 Å². The van der Waals surface area contributed by atoms with Crippen LogP contribution in [0, 0.1) is 5.92 Å². The molecule has 0 spiro atoms. The van der Waals surface area contributed by atoms with E-state index in [1.807, 2.05) is 0 Å². The van der Waals surface area contributed by atoms with Crippen molar-refractivity contribution in [2.45, 2.75) is 70.1 Å². The number of ketones is 1. The van der Waals surface area contributed by atoms with Crippen LogP contribution in [0.2, 0.25) is 0 Å². The number of hydrogen-bond donors (Lipinski definition) is 1. The standard InChI is InChI=1S/C14H27NO3S/c1-14(2,3)19(17,18)10-9-13(16)11-7-5-4-6-8-12(11)15/h11-12H,4-10,15H2,1-3H3. The zero-order chi connectivity index (χ0) is 14.7. The van der Waals surface area contributed by atoms with Gasteiger partial charge >= 0.3 is 0 Å². The van der Waals surface area contributed by atoms with E-state index < -0.39 is 14.6 Å². The summed E-state index contributed by atoms with van der Waals surface area (Å²) in [6, 6.07) is -0.0904. The molecule has 2 unspecified atom stereocenters. The molecule has 1 fully saturated rings. The fourth-order valence-corrected chi connectivity index (χ4v) is 3.54. The van der Waals surface area contributed by atoms with E-state index in [0.29, 0.717) is 0 Å². The average molecular weight is 289 g/mol. The molecule has 0 amide bonds. The molecule has 0 saturated heterocycles. The van der Waals surface area contributed by atoms with Crippen molar-refractivity contribution in [1.82, 2.24) is 0 Å². The molecule has 1 aliphatic carbocycles. The minimum atomic E-state index is -3.22. The SMILES string of the molecule is CC(C)(C)S(=O)(=O)CCC(=O)C1CCCCCC1N. The van der Waals surface area contributed by atoms with Crippen LogP contribution in [0.5, 0.6) is 0 Å². The highest BCUT2D eigenvalue weighted by Crippen LogP contribution is 2.25. The average Bonchev–Trinajstić information content (AvgIpc) is 2.49. The third-order valence-corrected chi connectivity index (χ3v) is 6.64. The monoisotopic (exact) mass is 289 g/mol. The van der Waals surface area contributed by atoms with E-state index in [1.54, 1.807) is 20.8 Å². The third kappa shape index (κ3) is 4.56. The number of rotatable bonds is 4. The van der Waals surface area contributed by atoms with Gasteiger partial charge in [-0.05, 0) is 33.6 Å². The Labute approximate surface area is 117 Å². The van der Waals surface area contributed by atoms with Gasteiger partial charge in [-0.2, -0.15) is 0 Å². The van der Waals surface area contributed by atoms with E-state index in [-0.39, 0.29) is 29.9 Å². The van der Waals surface area contributed by atoms with Crippen LogP contribution in [-0.2, 0) is 14.6 Å². The minimum absolute atomic E-state index is 0.0298. The maximum absolute atomic E-state index is 12.2. The van der Waals surface area contributed by atoms with Gasteiger partial charge in [0.2, 0.25) is 0 Å². The summed E-state index contributed by atoms with van der Waals surface area (Å²) < 4.78 is 23.2. The van der Waals surface area contributed by atoms with Crippen molar-refractivity contribution in [3.05, 3.63) is 0 Å². The van der Waals surface area contributed by atoms with Crippen LogP contribution in [0.1, 0.15) is 59.3 Å². The zero-order valence-corrected chi connectivity index (χ0v) is 13.1. The van der Waals surface area contributed by atoms with Crippen LogP contribution >= 0.6 is 0 Å². The lowest BCUT2D eigenvalue weighted by Crippen LogP contribution is -2.37. The Hall–Kier alpha value is -0.420. The van der Waals surface area contributed by atoms with Gasteiger partial charge in [0.1, 0.15) is 5.78 Å². The summed E-state index contributed by atoms with van der Waals surface area (Å²) in [5, 5.41) is 0. The smallest absolute Gasteiger partial charge is 0.155 e. The Morgan fingerprint density at radius 1 is 1.16 bits per heavy atom. The molecule has 4 nitrogen and oxygen atoms in total. The summed E-state index contributed by atoms with van der Waals surface area (Å²) in [7, 11) is -3.22. The van der Waals surface area contributed by atoms with Crippen LogP contribution in [0.25, 0.3) is 0 Å². The normalized spacial score (nSPS) is 25.9. The number of Topliss-reactive ketones (excluding diaryl/α,β-unsaturated/α-hetero) is 1. The van der Waals surface area contributed by atoms with Crippen molar-refractivity contribution in [3.8, 4) is 0 Å². The quantitative estimate of drug-likeness (QED) is 0.804. The molecule has 0 radical (unpaired) electrons. The van der Waals surface area contributed by atoms with Gasteiger partial charge in [0, 0.05) is 18.4 Å². The Morgan fingerprint density at radius 3 is 2.32 bits per heavy atom. The minimum Gasteiger partial charge on any atom is -0.327 e. The van der Waals surface area contributed by atoms with E-state index >= 15 is 0 Å². The molecule has 1 rings (SSSR count). The first-order chi connectivity index (χ1) is 8.65. The molecule has 2 atom stereocenters. The molecular formula is C14H27NO3S. The second-order valence-electron chi connectivity index (χ2n) is 6.56. The number of sulfone groups is 1. The van der Waals surface area contributed by atoms with Gasteiger partial charge in [0.15, 0.2) is 9.84 Å². The molecule has 19 heavy (non-hydrogen) atoms. The lowest BCUT2D eigenvalue weighted by Gasteiger charge is -2.22. The predicted molar refractivity (Wildman–Crippen MR) is 77.7 cm³/mol. The highest BCUT2D eigenvalue weighted by molar-refractivity contribution is 7.92. The zero-order valence-electron chi connectivity index (χ0n) is 12.3. The fraction of sp³-hybridized carbons (Fsp3) is 0.929. The van der Waals surface area contributed by atoms with Crippen molar-refractivity contribution in [3.63, 3.8) is 0 Å². The van der Waals surface area contributed by atoms with E-state index in [2.05, 4.69) is 0 Å². The van der Waals surface area contributed by atoms with Crippen molar-refractivity contribution in [1.29, 1.82) is 0 Å². The van der Waals surface area contributed by atoms with Gasteiger partial charge in [-0.3, -0.25) is 4.79 Å². The van der Waals surface area contributed by atoms with E-state index in [1.165, 1.54) is 0 Å². The molecule has 0 heterocycles. The summed E-state index contributed by atoms with van der Waals surface area (Å²) in [5.74, 6) is -0.168. The summed E-state index contributed by atoms with van der Waals surface area (Å²) >= 11 is 0. The van der Waals surface area contributed by atoms with Crippen LogP contribution in [0.3, 0.4) is 0 Å². The van der Waals surface area contributed by atoms with Gasteiger partial charge in [-0.1, -0.05) is 19.3 Å². The Balaban J connectivity index is 2.60. The first kappa shape index (κ1) is 16.6. The summed E-state index contributed by atoms with van der Waals surface area (Å²) in [6.07, 6.45) is 5.02. The Morgan fingerprint density at radius 2 is 1.74 bits per heavy atom. The molecule has 2 N–H and O–H groups in total.